The predicted octanol–water partition coefficient (Wildman–Crippen LogP) is 1.22. The third kappa shape index (κ3) is 4.30. The molecule has 1 aromatic heterocycles. The number of methoxy groups -OCH3 is 1. The van der Waals surface area contributed by atoms with Crippen LogP contribution in [0.4, 0.5) is 5.82 Å². The van der Waals surface area contributed by atoms with Crippen LogP contribution in [0.15, 0.2) is 18.3 Å². The van der Waals surface area contributed by atoms with Gasteiger partial charge in [-0.2, -0.15) is 0 Å². The zero-order chi connectivity index (χ0) is 12.7. The van der Waals surface area contributed by atoms with Gasteiger partial charge in [-0.1, -0.05) is 6.92 Å². The summed E-state index contributed by atoms with van der Waals surface area (Å²) in [7, 11) is 1.73. The van der Waals surface area contributed by atoms with Gasteiger partial charge in [-0.3, -0.25) is 4.90 Å². The number of nitrogens with one attached hydrogen (secondary N) is 1. The van der Waals surface area contributed by atoms with Crippen molar-refractivity contribution in [3.8, 4) is 0 Å². The summed E-state index contributed by atoms with van der Waals surface area (Å²) in [4.78, 5) is 6.44. The molecule has 0 spiro atoms. The summed E-state index contributed by atoms with van der Waals surface area (Å²) >= 11 is 0. The van der Waals surface area contributed by atoms with Gasteiger partial charge < -0.3 is 10.2 Å². The molecule has 0 saturated heterocycles. The Balaban J connectivity index is 2.66. The number of likely N-dealkylation sites (N-methyl/N-ethyl adjacent to an activating group) is 1. The van der Waals surface area contributed by atoms with E-state index < -0.39 is 0 Å². The maximum absolute atomic E-state index is 5.34. The summed E-state index contributed by atoms with van der Waals surface area (Å²) in [6, 6.07) is 4.36. The topological polar surface area (TPSA) is 63.4 Å². The Morgan fingerprint density at radius 2 is 2.35 bits per heavy atom. The summed E-state index contributed by atoms with van der Waals surface area (Å²) < 4.78 is 5.18. The quantitative estimate of drug-likeness (QED) is 0.552. The number of ether oxygens (including phenoxy) is 1. The van der Waals surface area contributed by atoms with E-state index in [1.165, 1.54) is 5.56 Å². The number of rotatable bonds is 7. The second-order valence-corrected chi connectivity index (χ2v) is 4.06. The van der Waals surface area contributed by atoms with Gasteiger partial charge in [-0.25, -0.2) is 10.8 Å². The van der Waals surface area contributed by atoms with E-state index >= 15 is 0 Å². The van der Waals surface area contributed by atoms with Gasteiger partial charge in [0, 0.05) is 25.9 Å². The standard InChI is InChI=1S/C12H22N4O/c1-4-16(10(2)9-17-3)8-11-5-6-14-12(7-11)15-13/h5-7,10H,4,8-9,13H2,1-3H3,(H,14,15). The number of hydrogen-bond donors (Lipinski definition) is 2. The van der Waals surface area contributed by atoms with E-state index in [1.807, 2.05) is 12.1 Å². The summed E-state index contributed by atoms with van der Waals surface area (Å²) in [5.74, 6) is 6.04. The molecule has 0 aliphatic carbocycles. The van der Waals surface area contributed by atoms with E-state index in [0.717, 1.165) is 19.7 Å². The molecular weight excluding hydrogens is 216 g/mol. The van der Waals surface area contributed by atoms with Crippen molar-refractivity contribution in [3.63, 3.8) is 0 Å². The molecule has 0 aliphatic heterocycles. The minimum Gasteiger partial charge on any atom is -0.383 e. The van der Waals surface area contributed by atoms with Crippen LogP contribution in [0, 0.1) is 0 Å². The van der Waals surface area contributed by atoms with Gasteiger partial charge in [0.25, 0.3) is 0 Å². The average Bonchev–Trinajstić information content (AvgIpc) is 2.36. The summed E-state index contributed by atoms with van der Waals surface area (Å²) in [5.41, 5.74) is 3.75. The zero-order valence-electron chi connectivity index (χ0n) is 10.8. The molecule has 3 N–H and O–H groups in total. The van der Waals surface area contributed by atoms with Crippen LogP contribution in [0.5, 0.6) is 0 Å². The Labute approximate surface area is 103 Å². The van der Waals surface area contributed by atoms with Crippen molar-refractivity contribution in [2.45, 2.75) is 26.4 Å². The molecule has 0 radical (unpaired) electrons. The Kier molecular flexibility index (Phi) is 5.90. The molecule has 17 heavy (non-hydrogen) atoms. The predicted molar refractivity (Wildman–Crippen MR) is 69.5 cm³/mol. The monoisotopic (exact) mass is 238 g/mol. The molecule has 0 aliphatic rings. The van der Waals surface area contributed by atoms with E-state index in [0.29, 0.717) is 11.9 Å². The minimum absolute atomic E-state index is 0.396. The van der Waals surface area contributed by atoms with Crippen molar-refractivity contribution in [2.24, 2.45) is 5.84 Å². The van der Waals surface area contributed by atoms with Gasteiger partial charge in [0.2, 0.25) is 0 Å². The first-order valence-electron chi connectivity index (χ1n) is 5.85. The third-order valence-electron chi connectivity index (χ3n) is 2.80. The van der Waals surface area contributed by atoms with Gasteiger partial charge in [0.1, 0.15) is 5.82 Å². The van der Waals surface area contributed by atoms with Crippen molar-refractivity contribution < 1.29 is 4.74 Å². The molecule has 0 bridgehead atoms. The van der Waals surface area contributed by atoms with E-state index in [4.69, 9.17) is 10.6 Å². The normalized spacial score (nSPS) is 12.8. The summed E-state index contributed by atoms with van der Waals surface area (Å²) in [6.07, 6.45) is 1.76. The molecule has 5 nitrogen and oxygen atoms in total. The lowest BCUT2D eigenvalue weighted by Gasteiger charge is -2.27. The highest BCUT2D eigenvalue weighted by Gasteiger charge is 2.12. The molecule has 96 valence electrons. The van der Waals surface area contributed by atoms with Crippen LogP contribution in [-0.2, 0) is 11.3 Å². The Bertz CT molecular complexity index is 332. The summed E-state index contributed by atoms with van der Waals surface area (Å²) in [5, 5.41) is 0. The van der Waals surface area contributed by atoms with Gasteiger partial charge in [0.15, 0.2) is 0 Å². The zero-order valence-corrected chi connectivity index (χ0v) is 10.8. The maximum Gasteiger partial charge on any atom is 0.140 e. The smallest absolute Gasteiger partial charge is 0.140 e. The lowest BCUT2D eigenvalue weighted by molar-refractivity contribution is 0.0982. The highest BCUT2D eigenvalue weighted by atomic mass is 16.5. The Hall–Kier alpha value is -1.17. The van der Waals surface area contributed by atoms with Crippen molar-refractivity contribution >= 4 is 5.82 Å². The lowest BCUT2D eigenvalue weighted by atomic mass is 10.2. The number of nitrogens with zero attached hydrogens (tertiary/aromatic N) is 2. The van der Waals surface area contributed by atoms with Gasteiger partial charge >= 0.3 is 0 Å². The van der Waals surface area contributed by atoms with Gasteiger partial charge in [-0.15, -0.1) is 0 Å². The molecule has 0 aromatic carbocycles. The molecule has 1 unspecified atom stereocenters. The molecule has 0 fully saturated rings. The van der Waals surface area contributed by atoms with Crippen LogP contribution >= 0.6 is 0 Å². The molecule has 1 rings (SSSR count). The van der Waals surface area contributed by atoms with Crippen LogP contribution in [0.3, 0.4) is 0 Å². The van der Waals surface area contributed by atoms with E-state index in [1.54, 1.807) is 13.3 Å². The second-order valence-electron chi connectivity index (χ2n) is 4.06. The first kappa shape index (κ1) is 13.9. The van der Waals surface area contributed by atoms with E-state index in [2.05, 4.69) is 29.2 Å². The number of aromatic nitrogens is 1. The third-order valence-corrected chi connectivity index (χ3v) is 2.80. The highest BCUT2D eigenvalue weighted by Crippen LogP contribution is 2.11. The molecule has 1 heterocycles. The van der Waals surface area contributed by atoms with Crippen LogP contribution in [0.1, 0.15) is 19.4 Å². The molecule has 1 atom stereocenters. The van der Waals surface area contributed by atoms with Crippen LogP contribution in [0.2, 0.25) is 0 Å². The van der Waals surface area contributed by atoms with Gasteiger partial charge in [-0.05, 0) is 31.2 Å². The van der Waals surface area contributed by atoms with Crippen molar-refractivity contribution in [3.05, 3.63) is 23.9 Å². The van der Waals surface area contributed by atoms with Crippen LogP contribution in [0.25, 0.3) is 0 Å². The van der Waals surface area contributed by atoms with Gasteiger partial charge in [0.05, 0.1) is 6.61 Å². The summed E-state index contributed by atoms with van der Waals surface area (Å²) in [6.45, 7) is 6.91. The van der Waals surface area contributed by atoms with Crippen LogP contribution < -0.4 is 11.3 Å². The van der Waals surface area contributed by atoms with E-state index in [-0.39, 0.29) is 0 Å². The second kappa shape index (κ2) is 7.21. The molecule has 1 aromatic rings. The van der Waals surface area contributed by atoms with E-state index in [9.17, 15) is 0 Å². The SMILES string of the molecule is CCN(Cc1ccnc(NN)c1)C(C)COC. The first-order chi connectivity index (χ1) is 8.21. The fourth-order valence-corrected chi connectivity index (χ4v) is 1.81. The molecule has 0 amide bonds. The number of hydrogen-bond acceptors (Lipinski definition) is 5. The number of anilines is 1. The Morgan fingerprint density at radius 3 is 2.94 bits per heavy atom. The number of pyridine rings is 1. The largest absolute Gasteiger partial charge is 0.383 e. The highest BCUT2D eigenvalue weighted by molar-refractivity contribution is 5.35. The minimum atomic E-state index is 0.396. The maximum atomic E-state index is 5.34. The number of nitrogens with two attached hydrogens (primary N) is 1. The van der Waals surface area contributed by atoms with Crippen molar-refractivity contribution in [1.29, 1.82) is 0 Å². The fraction of sp³-hybridized carbons (Fsp3) is 0.583. The average molecular weight is 238 g/mol. The lowest BCUT2D eigenvalue weighted by Crippen LogP contribution is -2.35. The Morgan fingerprint density at radius 1 is 1.59 bits per heavy atom. The number of nitrogen functional groups attached to an aromatic ring is 1. The fourth-order valence-electron chi connectivity index (χ4n) is 1.81. The molecule has 5 heteroatoms. The first-order valence-corrected chi connectivity index (χ1v) is 5.85. The van der Waals surface area contributed by atoms with Crippen LogP contribution in [-0.4, -0.2) is 36.2 Å². The number of hydrazine groups is 1. The molecule has 0 saturated carbocycles. The van der Waals surface area contributed by atoms with Crippen molar-refractivity contribution in [1.82, 2.24) is 9.88 Å². The molecular formula is C12H22N4O. The van der Waals surface area contributed by atoms with Crippen molar-refractivity contribution in [2.75, 3.05) is 25.7 Å².